The normalized spacial score (nSPS) is 10.2. The monoisotopic (exact) mass is 398 g/mol. The largest absolute Gasteiger partial charge is 0.340 e. The Labute approximate surface area is 165 Å². The maximum atomic E-state index is 13.8. The molecular weight excluding hydrogens is 383 g/mol. The standard InChI is InChI=1S/C20H16ClFN4O2/c1-12(27)24-13-5-7-14(8-6-13)25-18-10-9-15(11-23-18)26-20(28)19-16(21)3-2-4-17(19)22/h2-11H,1H3,(H,23,25)(H,24,27)(H,26,28). The summed E-state index contributed by atoms with van der Waals surface area (Å²) in [5.41, 5.74) is 1.65. The van der Waals surface area contributed by atoms with Crippen LogP contribution in [0.5, 0.6) is 0 Å². The van der Waals surface area contributed by atoms with Crippen LogP contribution in [0.4, 0.5) is 27.3 Å². The highest BCUT2D eigenvalue weighted by atomic mass is 35.5. The second kappa shape index (κ2) is 8.49. The van der Waals surface area contributed by atoms with Gasteiger partial charge in [-0.25, -0.2) is 9.37 Å². The maximum absolute atomic E-state index is 13.8. The van der Waals surface area contributed by atoms with Gasteiger partial charge >= 0.3 is 0 Å². The molecule has 2 amide bonds. The van der Waals surface area contributed by atoms with E-state index in [-0.39, 0.29) is 16.5 Å². The minimum atomic E-state index is -0.695. The fraction of sp³-hybridized carbons (Fsp3) is 0.0500. The van der Waals surface area contributed by atoms with Gasteiger partial charge < -0.3 is 16.0 Å². The fourth-order valence-corrected chi connectivity index (χ4v) is 2.69. The molecule has 0 fully saturated rings. The van der Waals surface area contributed by atoms with E-state index in [1.807, 2.05) is 0 Å². The van der Waals surface area contributed by atoms with Gasteiger partial charge in [-0.05, 0) is 48.5 Å². The number of benzene rings is 2. The van der Waals surface area contributed by atoms with Crippen LogP contribution in [-0.4, -0.2) is 16.8 Å². The summed E-state index contributed by atoms with van der Waals surface area (Å²) >= 11 is 5.90. The minimum Gasteiger partial charge on any atom is -0.340 e. The number of pyridine rings is 1. The number of carbonyl (C=O) groups excluding carboxylic acids is 2. The van der Waals surface area contributed by atoms with Gasteiger partial charge in [-0.15, -0.1) is 0 Å². The number of nitrogens with one attached hydrogen (secondary N) is 3. The lowest BCUT2D eigenvalue weighted by Crippen LogP contribution is -2.14. The SMILES string of the molecule is CC(=O)Nc1ccc(Nc2ccc(NC(=O)c3c(F)cccc3Cl)cn2)cc1. The van der Waals surface area contributed by atoms with Gasteiger partial charge in [0, 0.05) is 18.3 Å². The molecule has 142 valence electrons. The van der Waals surface area contributed by atoms with Crippen molar-refractivity contribution >= 4 is 46.3 Å². The van der Waals surface area contributed by atoms with Crippen LogP contribution in [0.1, 0.15) is 17.3 Å². The molecule has 2 aromatic carbocycles. The molecule has 0 unspecified atom stereocenters. The molecule has 0 saturated heterocycles. The lowest BCUT2D eigenvalue weighted by molar-refractivity contribution is -0.114. The fourth-order valence-electron chi connectivity index (χ4n) is 2.44. The van der Waals surface area contributed by atoms with Crippen molar-refractivity contribution in [1.29, 1.82) is 0 Å². The summed E-state index contributed by atoms with van der Waals surface area (Å²) in [6.07, 6.45) is 1.45. The number of hydrogen-bond acceptors (Lipinski definition) is 4. The summed E-state index contributed by atoms with van der Waals surface area (Å²) in [7, 11) is 0. The average molecular weight is 399 g/mol. The van der Waals surface area contributed by atoms with Crippen molar-refractivity contribution in [2.45, 2.75) is 6.92 Å². The first kappa shape index (κ1) is 19.3. The summed E-state index contributed by atoms with van der Waals surface area (Å²) in [6, 6.07) is 14.5. The van der Waals surface area contributed by atoms with Crippen LogP contribution in [0.15, 0.2) is 60.8 Å². The Morgan fingerprint density at radius 1 is 0.929 bits per heavy atom. The Bertz CT molecular complexity index is 987. The first-order valence-corrected chi connectivity index (χ1v) is 8.66. The van der Waals surface area contributed by atoms with Crippen molar-refractivity contribution in [3.8, 4) is 0 Å². The zero-order valence-electron chi connectivity index (χ0n) is 14.8. The van der Waals surface area contributed by atoms with Gasteiger partial charge in [-0.1, -0.05) is 17.7 Å². The van der Waals surface area contributed by atoms with Crippen molar-refractivity contribution in [3.63, 3.8) is 0 Å². The number of carbonyl (C=O) groups is 2. The van der Waals surface area contributed by atoms with Crippen molar-refractivity contribution < 1.29 is 14.0 Å². The Kier molecular flexibility index (Phi) is 5.86. The quantitative estimate of drug-likeness (QED) is 0.575. The predicted octanol–water partition coefficient (Wildman–Crippen LogP) is 4.83. The lowest BCUT2D eigenvalue weighted by atomic mass is 10.2. The van der Waals surface area contributed by atoms with E-state index in [4.69, 9.17) is 11.6 Å². The second-order valence-corrected chi connectivity index (χ2v) is 6.27. The van der Waals surface area contributed by atoms with E-state index in [0.29, 0.717) is 17.2 Å². The summed E-state index contributed by atoms with van der Waals surface area (Å²) in [6.45, 7) is 1.44. The maximum Gasteiger partial charge on any atom is 0.260 e. The predicted molar refractivity (Wildman–Crippen MR) is 108 cm³/mol. The highest BCUT2D eigenvalue weighted by molar-refractivity contribution is 6.34. The Morgan fingerprint density at radius 2 is 1.61 bits per heavy atom. The van der Waals surface area contributed by atoms with Crippen molar-refractivity contribution in [2.75, 3.05) is 16.0 Å². The molecule has 8 heteroatoms. The molecule has 6 nitrogen and oxygen atoms in total. The molecule has 0 atom stereocenters. The molecule has 3 aromatic rings. The van der Waals surface area contributed by atoms with Crippen LogP contribution in [0, 0.1) is 5.82 Å². The van der Waals surface area contributed by atoms with Gasteiger partial charge in [0.2, 0.25) is 5.91 Å². The zero-order chi connectivity index (χ0) is 20.1. The highest BCUT2D eigenvalue weighted by Crippen LogP contribution is 2.22. The molecule has 1 heterocycles. The molecule has 0 bridgehead atoms. The summed E-state index contributed by atoms with van der Waals surface area (Å²) in [5, 5.41) is 8.38. The van der Waals surface area contributed by atoms with E-state index in [1.165, 1.54) is 31.3 Å². The molecule has 28 heavy (non-hydrogen) atoms. The molecule has 0 aliphatic carbocycles. The Hall–Kier alpha value is -3.45. The molecule has 1 aromatic heterocycles. The summed E-state index contributed by atoms with van der Waals surface area (Å²) in [5.74, 6) is -0.941. The molecule has 0 aliphatic rings. The summed E-state index contributed by atoms with van der Waals surface area (Å²) in [4.78, 5) is 27.5. The third-order valence-corrected chi connectivity index (χ3v) is 4.00. The number of nitrogens with zero attached hydrogens (tertiary/aromatic N) is 1. The van der Waals surface area contributed by atoms with Gasteiger partial charge in [-0.3, -0.25) is 9.59 Å². The van der Waals surface area contributed by atoms with Gasteiger partial charge in [0.05, 0.1) is 22.5 Å². The highest BCUT2D eigenvalue weighted by Gasteiger charge is 2.15. The number of hydrogen-bond donors (Lipinski definition) is 3. The van der Waals surface area contributed by atoms with E-state index in [0.717, 1.165) is 5.69 Å². The minimum absolute atomic E-state index is 0.0338. The molecule has 3 rings (SSSR count). The van der Waals surface area contributed by atoms with Crippen LogP contribution in [0.25, 0.3) is 0 Å². The summed E-state index contributed by atoms with van der Waals surface area (Å²) < 4.78 is 13.8. The second-order valence-electron chi connectivity index (χ2n) is 5.87. The van der Waals surface area contributed by atoms with Crippen molar-refractivity contribution in [2.24, 2.45) is 0 Å². The van der Waals surface area contributed by atoms with E-state index < -0.39 is 11.7 Å². The van der Waals surface area contributed by atoms with Gasteiger partial charge in [-0.2, -0.15) is 0 Å². The van der Waals surface area contributed by atoms with Gasteiger partial charge in [0.1, 0.15) is 11.6 Å². The number of rotatable bonds is 5. The molecule has 0 spiro atoms. The van der Waals surface area contributed by atoms with Crippen molar-refractivity contribution in [3.05, 3.63) is 77.2 Å². The Balaban J connectivity index is 1.65. The van der Waals surface area contributed by atoms with Crippen LogP contribution >= 0.6 is 11.6 Å². The smallest absolute Gasteiger partial charge is 0.260 e. The Morgan fingerprint density at radius 3 is 2.21 bits per heavy atom. The molecule has 0 radical (unpaired) electrons. The van der Waals surface area contributed by atoms with E-state index in [2.05, 4.69) is 20.9 Å². The van der Waals surface area contributed by atoms with Crippen LogP contribution in [0.3, 0.4) is 0 Å². The van der Waals surface area contributed by atoms with E-state index in [9.17, 15) is 14.0 Å². The zero-order valence-corrected chi connectivity index (χ0v) is 15.5. The first-order chi connectivity index (χ1) is 13.4. The number of halogens is 2. The third-order valence-electron chi connectivity index (χ3n) is 3.69. The first-order valence-electron chi connectivity index (χ1n) is 8.28. The molecule has 3 N–H and O–H groups in total. The van der Waals surface area contributed by atoms with Crippen LogP contribution in [0.2, 0.25) is 5.02 Å². The topological polar surface area (TPSA) is 83.1 Å². The van der Waals surface area contributed by atoms with Crippen LogP contribution in [-0.2, 0) is 4.79 Å². The third kappa shape index (κ3) is 4.83. The molecule has 0 saturated carbocycles. The number of amides is 2. The number of anilines is 4. The van der Waals surface area contributed by atoms with Gasteiger partial charge in [0.25, 0.3) is 5.91 Å². The average Bonchev–Trinajstić information content (AvgIpc) is 2.64. The number of aromatic nitrogens is 1. The van der Waals surface area contributed by atoms with Gasteiger partial charge in [0.15, 0.2) is 0 Å². The van der Waals surface area contributed by atoms with E-state index >= 15 is 0 Å². The van der Waals surface area contributed by atoms with Crippen molar-refractivity contribution in [1.82, 2.24) is 4.98 Å². The van der Waals surface area contributed by atoms with Crippen LogP contribution < -0.4 is 16.0 Å². The van der Waals surface area contributed by atoms with E-state index in [1.54, 1.807) is 36.4 Å². The molecule has 0 aliphatic heterocycles. The lowest BCUT2D eigenvalue weighted by Gasteiger charge is -2.10. The molecular formula is C20H16ClFN4O2.